The van der Waals surface area contributed by atoms with E-state index in [1.807, 2.05) is 0 Å². The Morgan fingerprint density at radius 2 is 1.73 bits per heavy atom. The SMILES string of the molecule is C=C1[C@@]23CC[C@@H](C)[C@@H]4C[C@]5(C)C[C@H](O)[C@@H](C(C)C)[C@H]5C[C@@]14[C@H]2CC[C@H]3C. The van der Waals surface area contributed by atoms with Crippen molar-refractivity contribution in [3.05, 3.63) is 12.2 Å². The zero-order valence-electron chi connectivity index (χ0n) is 17.7. The van der Waals surface area contributed by atoms with Crippen molar-refractivity contribution < 1.29 is 5.11 Å². The molecule has 146 valence electrons. The van der Waals surface area contributed by atoms with Gasteiger partial charge in [0, 0.05) is 0 Å². The first-order valence-electron chi connectivity index (χ1n) is 11.6. The van der Waals surface area contributed by atoms with Crippen molar-refractivity contribution in [1.82, 2.24) is 0 Å². The summed E-state index contributed by atoms with van der Waals surface area (Å²) in [5.74, 6) is 5.19. The summed E-state index contributed by atoms with van der Waals surface area (Å²) >= 11 is 0. The quantitative estimate of drug-likeness (QED) is 0.565. The monoisotopic (exact) mass is 356 g/mol. The summed E-state index contributed by atoms with van der Waals surface area (Å²) < 4.78 is 0. The fourth-order valence-corrected chi connectivity index (χ4v) is 9.99. The van der Waals surface area contributed by atoms with Gasteiger partial charge in [0.25, 0.3) is 0 Å². The molecule has 0 saturated heterocycles. The molecule has 1 heteroatoms. The third-order valence-electron chi connectivity index (χ3n) is 11.0. The van der Waals surface area contributed by atoms with Gasteiger partial charge in [0.05, 0.1) is 6.10 Å². The number of aliphatic hydroxyl groups is 1. The first-order valence-corrected chi connectivity index (χ1v) is 11.6. The molecule has 0 amide bonds. The average molecular weight is 357 g/mol. The predicted molar refractivity (Wildman–Crippen MR) is 108 cm³/mol. The van der Waals surface area contributed by atoms with Crippen LogP contribution in [0.2, 0.25) is 0 Å². The van der Waals surface area contributed by atoms with Gasteiger partial charge < -0.3 is 5.11 Å². The number of hydrogen-bond acceptors (Lipinski definition) is 1. The molecule has 0 aliphatic heterocycles. The molecule has 26 heavy (non-hydrogen) atoms. The largest absolute Gasteiger partial charge is 0.393 e. The van der Waals surface area contributed by atoms with E-state index in [0.717, 1.165) is 30.1 Å². The van der Waals surface area contributed by atoms with E-state index in [1.54, 1.807) is 5.57 Å². The molecule has 2 spiro atoms. The molecule has 0 radical (unpaired) electrons. The Morgan fingerprint density at radius 3 is 2.42 bits per heavy atom. The van der Waals surface area contributed by atoms with Crippen LogP contribution in [0.4, 0.5) is 0 Å². The maximum atomic E-state index is 11.0. The minimum Gasteiger partial charge on any atom is -0.393 e. The minimum atomic E-state index is -0.0837. The van der Waals surface area contributed by atoms with E-state index in [2.05, 4.69) is 34.6 Å². The summed E-state index contributed by atoms with van der Waals surface area (Å²) in [6.07, 6.45) is 9.33. The molecule has 1 N–H and O–H groups in total. The van der Waals surface area contributed by atoms with Crippen molar-refractivity contribution in [3.8, 4) is 0 Å². The molecule has 2 bridgehead atoms. The van der Waals surface area contributed by atoms with Gasteiger partial charge >= 0.3 is 0 Å². The summed E-state index contributed by atoms with van der Waals surface area (Å²) in [5, 5.41) is 11.0. The van der Waals surface area contributed by atoms with Gasteiger partial charge in [-0.05, 0) is 103 Å². The molecule has 5 aliphatic carbocycles. The Hall–Kier alpha value is -0.300. The van der Waals surface area contributed by atoms with Gasteiger partial charge in [0.2, 0.25) is 0 Å². The van der Waals surface area contributed by atoms with Gasteiger partial charge in [-0.15, -0.1) is 0 Å². The molecule has 5 fully saturated rings. The second-order valence-electron chi connectivity index (χ2n) is 12.0. The summed E-state index contributed by atoms with van der Waals surface area (Å²) in [6.45, 7) is 17.1. The minimum absolute atomic E-state index is 0.0837. The van der Waals surface area contributed by atoms with Gasteiger partial charge in [-0.2, -0.15) is 0 Å². The molecule has 0 aromatic carbocycles. The van der Waals surface area contributed by atoms with Crippen LogP contribution in [0, 0.1) is 57.7 Å². The van der Waals surface area contributed by atoms with E-state index in [0.29, 0.717) is 34.0 Å². The van der Waals surface area contributed by atoms with Gasteiger partial charge in [-0.3, -0.25) is 0 Å². The van der Waals surface area contributed by atoms with Gasteiger partial charge in [-0.1, -0.05) is 46.8 Å². The average Bonchev–Trinajstić information content (AvgIpc) is 2.94. The summed E-state index contributed by atoms with van der Waals surface area (Å²) in [5.41, 5.74) is 2.94. The second kappa shape index (κ2) is 5.19. The fraction of sp³-hybridized carbons (Fsp3) is 0.920. The maximum Gasteiger partial charge on any atom is 0.0579 e. The van der Waals surface area contributed by atoms with Gasteiger partial charge in [0.1, 0.15) is 0 Å². The molecule has 10 atom stereocenters. The zero-order valence-corrected chi connectivity index (χ0v) is 17.7. The lowest BCUT2D eigenvalue weighted by Gasteiger charge is -2.70. The topological polar surface area (TPSA) is 20.2 Å². The van der Waals surface area contributed by atoms with E-state index in [-0.39, 0.29) is 6.10 Å². The summed E-state index contributed by atoms with van der Waals surface area (Å²) in [4.78, 5) is 0. The third-order valence-corrected chi connectivity index (χ3v) is 11.0. The summed E-state index contributed by atoms with van der Waals surface area (Å²) in [7, 11) is 0. The summed E-state index contributed by atoms with van der Waals surface area (Å²) in [6, 6.07) is 0. The first kappa shape index (κ1) is 17.8. The van der Waals surface area contributed by atoms with Crippen molar-refractivity contribution in [1.29, 1.82) is 0 Å². The van der Waals surface area contributed by atoms with E-state index >= 15 is 0 Å². The fourth-order valence-electron chi connectivity index (χ4n) is 9.99. The second-order valence-corrected chi connectivity index (χ2v) is 12.0. The number of aliphatic hydroxyl groups excluding tert-OH is 1. The Labute approximate surface area is 161 Å². The molecule has 0 aromatic heterocycles. The number of rotatable bonds is 1. The number of hydrogen-bond donors (Lipinski definition) is 1. The highest BCUT2D eigenvalue weighted by Crippen LogP contribution is 2.83. The van der Waals surface area contributed by atoms with Crippen LogP contribution in [0.3, 0.4) is 0 Å². The molecule has 5 saturated carbocycles. The molecule has 0 heterocycles. The van der Waals surface area contributed by atoms with Crippen LogP contribution in [0.5, 0.6) is 0 Å². The molecule has 5 rings (SSSR count). The van der Waals surface area contributed by atoms with E-state index in [9.17, 15) is 5.11 Å². The van der Waals surface area contributed by atoms with Crippen molar-refractivity contribution in [3.63, 3.8) is 0 Å². The zero-order chi connectivity index (χ0) is 18.6. The van der Waals surface area contributed by atoms with Gasteiger partial charge in [-0.25, -0.2) is 0 Å². The predicted octanol–water partition coefficient (Wildman–Crippen LogP) is 6.07. The molecule has 0 unspecified atom stereocenters. The third kappa shape index (κ3) is 1.74. The van der Waals surface area contributed by atoms with Crippen LogP contribution in [-0.4, -0.2) is 11.2 Å². The van der Waals surface area contributed by atoms with Gasteiger partial charge in [0.15, 0.2) is 0 Å². The van der Waals surface area contributed by atoms with Crippen molar-refractivity contribution in [2.75, 3.05) is 0 Å². The van der Waals surface area contributed by atoms with Crippen LogP contribution in [0.1, 0.15) is 79.6 Å². The van der Waals surface area contributed by atoms with E-state index in [4.69, 9.17) is 6.58 Å². The maximum absolute atomic E-state index is 11.0. The Morgan fingerprint density at radius 1 is 1.00 bits per heavy atom. The molecular formula is C25H40O. The Bertz CT molecular complexity index is 636. The lowest BCUT2D eigenvalue weighted by Crippen LogP contribution is -2.63. The van der Waals surface area contributed by atoms with Crippen molar-refractivity contribution in [2.45, 2.75) is 85.7 Å². The van der Waals surface area contributed by atoms with Crippen LogP contribution < -0.4 is 0 Å². The Balaban J connectivity index is 1.61. The Kier molecular flexibility index (Phi) is 3.55. The first-order chi connectivity index (χ1) is 12.2. The highest BCUT2D eigenvalue weighted by molar-refractivity contribution is 5.42. The lowest BCUT2D eigenvalue weighted by molar-refractivity contribution is -0.141. The number of fused-ring (bicyclic) bond motifs is 1. The highest BCUT2D eigenvalue weighted by Gasteiger charge is 2.76. The van der Waals surface area contributed by atoms with Crippen LogP contribution in [-0.2, 0) is 0 Å². The smallest absolute Gasteiger partial charge is 0.0579 e. The molecular weight excluding hydrogens is 316 g/mol. The highest BCUT2D eigenvalue weighted by atomic mass is 16.3. The van der Waals surface area contributed by atoms with E-state index < -0.39 is 0 Å². The van der Waals surface area contributed by atoms with Crippen molar-refractivity contribution >= 4 is 0 Å². The standard InChI is InChI=1S/C25H40O/c1-14(2)22-19-12-25-17(5)24(16(4)7-8-21(24)25)10-9-15(3)18(25)11-23(19,6)13-20(22)26/h14-16,18-22,26H,5,7-13H2,1-4,6H3/t15-,16-,18+,19-,20+,21+,22+,23-,24+,25-/m1/s1. The van der Waals surface area contributed by atoms with E-state index in [1.165, 1.54) is 38.5 Å². The van der Waals surface area contributed by atoms with Crippen molar-refractivity contribution in [2.24, 2.45) is 57.7 Å². The molecule has 5 aliphatic rings. The van der Waals surface area contributed by atoms with Crippen LogP contribution >= 0.6 is 0 Å². The lowest BCUT2D eigenvalue weighted by atomic mass is 9.34. The van der Waals surface area contributed by atoms with Crippen LogP contribution in [0.25, 0.3) is 0 Å². The molecule has 0 aromatic rings. The number of allylic oxidation sites excluding steroid dienone is 1. The van der Waals surface area contributed by atoms with Crippen LogP contribution in [0.15, 0.2) is 12.2 Å². The normalized spacial score (nSPS) is 60.9. The molecule has 1 nitrogen and oxygen atoms in total.